The lowest BCUT2D eigenvalue weighted by Crippen LogP contribution is -2.33. The summed E-state index contributed by atoms with van der Waals surface area (Å²) in [4.78, 5) is 16.8. The molecule has 0 saturated carbocycles. The number of ether oxygens (including phenoxy) is 1. The Labute approximate surface area is 142 Å². The molecule has 1 fully saturated rings. The third-order valence-electron chi connectivity index (χ3n) is 4.84. The molecule has 124 valence electrons. The van der Waals surface area contributed by atoms with E-state index in [9.17, 15) is 4.79 Å². The van der Waals surface area contributed by atoms with Gasteiger partial charge in [0, 0.05) is 31.0 Å². The topological polar surface area (TPSA) is 32.8 Å². The van der Waals surface area contributed by atoms with Gasteiger partial charge >= 0.3 is 0 Å². The van der Waals surface area contributed by atoms with Crippen LogP contribution in [0.15, 0.2) is 48.5 Å². The summed E-state index contributed by atoms with van der Waals surface area (Å²) in [6, 6.07) is 16.0. The molecule has 0 bridgehead atoms. The third-order valence-corrected chi connectivity index (χ3v) is 4.84. The molecule has 0 spiro atoms. The van der Waals surface area contributed by atoms with Gasteiger partial charge in [0.25, 0.3) is 5.91 Å². The summed E-state index contributed by atoms with van der Waals surface area (Å²) in [7, 11) is 0. The number of hydrogen-bond donors (Lipinski definition) is 0. The van der Waals surface area contributed by atoms with Crippen molar-refractivity contribution in [1.82, 2.24) is 0 Å². The normalized spacial score (nSPS) is 16.3. The predicted octanol–water partition coefficient (Wildman–Crippen LogP) is 3.25. The fraction of sp³-hybridized carbons (Fsp3) is 0.350. The molecule has 24 heavy (non-hydrogen) atoms. The average molecular weight is 322 g/mol. The summed E-state index contributed by atoms with van der Waals surface area (Å²) < 4.78 is 5.60. The predicted molar refractivity (Wildman–Crippen MR) is 95.9 cm³/mol. The van der Waals surface area contributed by atoms with Gasteiger partial charge in [-0.25, -0.2) is 0 Å². The van der Waals surface area contributed by atoms with Crippen LogP contribution in [0.5, 0.6) is 5.75 Å². The Morgan fingerprint density at radius 1 is 1.00 bits per heavy atom. The molecule has 0 N–H and O–H groups in total. The fourth-order valence-electron chi connectivity index (χ4n) is 3.56. The van der Waals surface area contributed by atoms with Gasteiger partial charge < -0.3 is 14.5 Å². The Balaban J connectivity index is 1.44. The summed E-state index contributed by atoms with van der Waals surface area (Å²) in [5.41, 5.74) is 3.60. The van der Waals surface area contributed by atoms with Crippen molar-refractivity contribution < 1.29 is 9.53 Å². The number of carbonyl (C=O) groups is 1. The number of carbonyl (C=O) groups excluding carboxylic acids is 1. The number of amides is 1. The number of para-hydroxylation sites is 1. The maximum absolute atomic E-state index is 12.5. The summed E-state index contributed by atoms with van der Waals surface area (Å²) in [6.45, 7) is 3.12. The number of fused-ring (bicyclic) bond motifs is 1. The van der Waals surface area contributed by atoms with E-state index in [4.69, 9.17) is 4.74 Å². The van der Waals surface area contributed by atoms with Gasteiger partial charge in [-0.2, -0.15) is 0 Å². The van der Waals surface area contributed by atoms with Gasteiger partial charge in [0.15, 0.2) is 6.61 Å². The third kappa shape index (κ3) is 2.96. The Morgan fingerprint density at radius 3 is 2.58 bits per heavy atom. The minimum absolute atomic E-state index is 0.0199. The molecule has 4 nitrogen and oxygen atoms in total. The number of anilines is 2. The van der Waals surface area contributed by atoms with Crippen LogP contribution in [0.4, 0.5) is 11.4 Å². The molecule has 0 unspecified atom stereocenters. The van der Waals surface area contributed by atoms with Crippen LogP contribution in [0.3, 0.4) is 0 Å². The Kier molecular flexibility index (Phi) is 4.11. The van der Waals surface area contributed by atoms with Crippen molar-refractivity contribution in [2.45, 2.75) is 19.3 Å². The van der Waals surface area contributed by atoms with Crippen molar-refractivity contribution in [3.05, 3.63) is 54.1 Å². The van der Waals surface area contributed by atoms with E-state index in [1.54, 1.807) is 0 Å². The second kappa shape index (κ2) is 6.56. The zero-order chi connectivity index (χ0) is 16.4. The van der Waals surface area contributed by atoms with E-state index in [1.807, 2.05) is 35.2 Å². The van der Waals surface area contributed by atoms with Crippen LogP contribution in [0, 0.1) is 0 Å². The van der Waals surface area contributed by atoms with Gasteiger partial charge in [-0.05, 0) is 55.2 Å². The average Bonchev–Trinajstić information content (AvgIpc) is 3.29. The van der Waals surface area contributed by atoms with Crippen LogP contribution in [-0.4, -0.2) is 32.1 Å². The quantitative estimate of drug-likeness (QED) is 0.866. The molecule has 0 atom stereocenters. The van der Waals surface area contributed by atoms with Gasteiger partial charge in [-0.1, -0.05) is 18.2 Å². The maximum atomic E-state index is 12.5. The van der Waals surface area contributed by atoms with Crippen molar-refractivity contribution in [1.29, 1.82) is 0 Å². The first-order chi connectivity index (χ1) is 11.8. The highest BCUT2D eigenvalue weighted by Crippen LogP contribution is 2.32. The molecule has 4 heteroatoms. The standard InChI is InChI=1S/C20H22N2O2/c23-20(15-24-18-6-2-1-3-7-18)22-13-10-16-14-17(8-9-19(16)22)21-11-4-5-12-21/h1-3,6-9,14H,4-5,10-13,15H2. The second-order valence-electron chi connectivity index (χ2n) is 6.40. The molecule has 0 aromatic heterocycles. The molecule has 2 aromatic carbocycles. The van der Waals surface area contributed by atoms with Gasteiger partial charge in [-0.3, -0.25) is 4.79 Å². The SMILES string of the molecule is O=C(COc1ccccc1)N1CCc2cc(N3CCCC3)ccc21. The molecular weight excluding hydrogens is 300 g/mol. The molecule has 2 aliphatic rings. The highest BCUT2D eigenvalue weighted by atomic mass is 16.5. The smallest absolute Gasteiger partial charge is 0.264 e. The van der Waals surface area contributed by atoms with Gasteiger partial charge in [0.1, 0.15) is 5.75 Å². The van der Waals surface area contributed by atoms with Crippen LogP contribution in [0.1, 0.15) is 18.4 Å². The van der Waals surface area contributed by atoms with Crippen LogP contribution in [-0.2, 0) is 11.2 Å². The van der Waals surface area contributed by atoms with E-state index in [2.05, 4.69) is 23.1 Å². The maximum Gasteiger partial charge on any atom is 0.264 e. The highest BCUT2D eigenvalue weighted by Gasteiger charge is 2.26. The van der Waals surface area contributed by atoms with Crippen LogP contribution >= 0.6 is 0 Å². The zero-order valence-corrected chi connectivity index (χ0v) is 13.8. The van der Waals surface area contributed by atoms with Crippen molar-refractivity contribution in [3.63, 3.8) is 0 Å². The second-order valence-corrected chi connectivity index (χ2v) is 6.40. The fourth-order valence-corrected chi connectivity index (χ4v) is 3.56. The van der Waals surface area contributed by atoms with E-state index < -0.39 is 0 Å². The first-order valence-electron chi connectivity index (χ1n) is 8.67. The van der Waals surface area contributed by atoms with Crippen molar-refractivity contribution >= 4 is 17.3 Å². The van der Waals surface area contributed by atoms with Crippen LogP contribution in [0.2, 0.25) is 0 Å². The molecule has 0 aliphatic carbocycles. The summed E-state index contributed by atoms with van der Waals surface area (Å²) in [5.74, 6) is 0.751. The molecule has 1 saturated heterocycles. The summed E-state index contributed by atoms with van der Waals surface area (Å²) in [5, 5.41) is 0. The van der Waals surface area contributed by atoms with Gasteiger partial charge in [-0.15, -0.1) is 0 Å². The van der Waals surface area contributed by atoms with Crippen molar-refractivity contribution in [2.24, 2.45) is 0 Å². The lowest BCUT2D eigenvalue weighted by molar-refractivity contribution is -0.120. The highest BCUT2D eigenvalue weighted by molar-refractivity contribution is 5.96. The molecule has 0 radical (unpaired) electrons. The van der Waals surface area contributed by atoms with Crippen LogP contribution in [0.25, 0.3) is 0 Å². The van der Waals surface area contributed by atoms with Crippen molar-refractivity contribution in [3.8, 4) is 5.75 Å². The van der Waals surface area contributed by atoms with E-state index in [0.29, 0.717) is 0 Å². The molecule has 2 aliphatic heterocycles. The number of hydrogen-bond acceptors (Lipinski definition) is 3. The molecular formula is C20H22N2O2. The van der Waals surface area contributed by atoms with Crippen molar-refractivity contribution in [2.75, 3.05) is 36.0 Å². The Bertz CT molecular complexity index is 724. The minimum atomic E-state index is 0.0199. The first-order valence-corrected chi connectivity index (χ1v) is 8.67. The van der Waals surface area contributed by atoms with E-state index >= 15 is 0 Å². The lowest BCUT2D eigenvalue weighted by atomic mass is 10.1. The first kappa shape index (κ1) is 15.1. The molecule has 2 heterocycles. The Morgan fingerprint density at radius 2 is 1.79 bits per heavy atom. The minimum Gasteiger partial charge on any atom is -0.484 e. The van der Waals surface area contributed by atoms with Crippen LogP contribution < -0.4 is 14.5 Å². The number of nitrogens with zero attached hydrogens (tertiary/aromatic N) is 2. The number of rotatable bonds is 4. The summed E-state index contributed by atoms with van der Waals surface area (Å²) >= 11 is 0. The van der Waals surface area contributed by atoms with E-state index in [-0.39, 0.29) is 12.5 Å². The largest absolute Gasteiger partial charge is 0.484 e. The molecule has 4 rings (SSSR count). The van der Waals surface area contributed by atoms with Gasteiger partial charge in [0.05, 0.1) is 0 Å². The zero-order valence-electron chi connectivity index (χ0n) is 13.8. The monoisotopic (exact) mass is 322 g/mol. The van der Waals surface area contributed by atoms with Gasteiger partial charge in [0.2, 0.25) is 0 Å². The Hall–Kier alpha value is -2.49. The summed E-state index contributed by atoms with van der Waals surface area (Å²) in [6.07, 6.45) is 3.48. The molecule has 2 aromatic rings. The van der Waals surface area contributed by atoms with E-state index in [0.717, 1.165) is 37.5 Å². The number of benzene rings is 2. The lowest BCUT2D eigenvalue weighted by Gasteiger charge is -2.21. The van der Waals surface area contributed by atoms with E-state index in [1.165, 1.54) is 24.1 Å². The molecule has 1 amide bonds.